The Morgan fingerprint density at radius 1 is 1.37 bits per heavy atom. The highest BCUT2D eigenvalue weighted by Crippen LogP contribution is 2.22. The van der Waals surface area contributed by atoms with Gasteiger partial charge < -0.3 is 18.9 Å². The largest absolute Gasteiger partial charge is 0.735 e. The molecule has 0 saturated carbocycles. The Hall–Kier alpha value is -0.340. The van der Waals surface area contributed by atoms with Crippen molar-refractivity contribution >= 4 is 20.7 Å². The predicted octanol–water partition coefficient (Wildman–Crippen LogP) is -2.72. The Morgan fingerprint density at radius 3 is 2.42 bits per heavy atom. The van der Waals surface area contributed by atoms with E-state index < -0.39 is 51.5 Å². The van der Waals surface area contributed by atoms with Crippen LogP contribution in [0.3, 0.4) is 0 Å². The molecule has 0 aliphatic carbocycles. The van der Waals surface area contributed by atoms with Gasteiger partial charge in [0.25, 0.3) is 0 Å². The van der Waals surface area contributed by atoms with Gasteiger partial charge in [-0.05, 0) is 0 Å². The molecular formula is C7H13NO9S2-2. The lowest BCUT2D eigenvalue weighted by Gasteiger charge is -2.39. The van der Waals surface area contributed by atoms with Gasteiger partial charge in [0, 0.05) is 12.0 Å². The van der Waals surface area contributed by atoms with Gasteiger partial charge in [0.2, 0.25) is 10.4 Å². The van der Waals surface area contributed by atoms with Crippen LogP contribution in [0.2, 0.25) is 0 Å². The van der Waals surface area contributed by atoms with Crippen molar-refractivity contribution in [3.63, 3.8) is 0 Å². The van der Waals surface area contributed by atoms with Gasteiger partial charge in [-0.2, -0.15) is 0 Å². The molecule has 1 fully saturated rings. The summed E-state index contributed by atoms with van der Waals surface area (Å²) in [6.07, 6.45) is -2.40. The molecule has 10 nitrogen and oxygen atoms in total. The van der Waals surface area contributed by atoms with E-state index in [1.807, 2.05) is 0 Å². The van der Waals surface area contributed by atoms with E-state index in [2.05, 4.69) is 4.18 Å². The van der Waals surface area contributed by atoms with Gasteiger partial charge in [-0.25, -0.2) is 21.6 Å². The van der Waals surface area contributed by atoms with Gasteiger partial charge in [-0.1, -0.05) is 6.92 Å². The number of rotatable bonds is 5. The summed E-state index contributed by atoms with van der Waals surface area (Å²) < 4.78 is 73.1. The first kappa shape index (κ1) is 16.7. The molecule has 0 spiro atoms. The number of ether oxygens (including phenoxy) is 1. The zero-order chi connectivity index (χ0) is 14.8. The van der Waals surface area contributed by atoms with Crippen LogP contribution in [-0.2, 0) is 29.6 Å². The maximum absolute atomic E-state index is 10.5. The van der Waals surface area contributed by atoms with Crippen LogP contribution in [-0.4, -0.2) is 62.5 Å². The molecule has 1 aliphatic rings. The van der Waals surface area contributed by atoms with E-state index in [1.165, 1.54) is 6.92 Å². The van der Waals surface area contributed by atoms with E-state index >= 15 is 0 Å². The second kappa shape index (κ2) is 5.97. The predicted molar refractivity (Wildman–Crippen MR) is 57.2 cm³/mol. The van der Waals surface area contributed by atoms with Crippen molar-refractivity contribution in [1.82, 2.24) is 4.72 Å². The quantitative estimate of drug-likeness (QED) is 0.404. The zero-order valence-electron chi connectivity index (χ0n) is 9.75. The van der Waals surface area contributed by atoms with Crippen molar-refractivity contribution < 1.29 is 40.0 Å². The van der Waals surface area contributed by atoms with E-state index in [9.17, 15) is 31.0 Å². The first-order chi connectivity index (χ1) is 8.49. The van der Waals surface area contributed by atoms with Crippen LogP contribution in [0.5, 0.6) is 0 Å². The number of aliphatic hydroxyl groups is 1. The van der Waals surface area contributed by atoms with E-state index in [1.54, 1.807) is 4.72 Å². The highest BCUT2D eigenvalue weighted by molar-refractivity contribution is 7.83. The van der Waals surface area contributed by atoms with Gasteiger partial charge in [0.1, 0.15) is 6.10 Å². The molecular weight excluding hydrogens is 306 g/mol. The lowest BCUT2D eigenvalue weighted by molar-refractivity contribution is -0.125. The molecule has 1 aliphatic heterocycles. The highest BCUT2D eigenvalue weighted by Gasteiger charge is 2.37. The van der Waals surface area contributed by atoms with Crippen molar-refractivity contribution in [2.24, 2.45) is 5.92 Å². The Labute approximate surface area is 110 Å². The highest BCUT2D eigenvalue weighted by atomic mass is 32.3. The third-order valence-corrected chi connectivity index (χ3v) is 3.73. The molecule has 0 radical (unpaired) electrons. The van der Waals surface area contributed by atoms with E-state index in [4.69, 9.17) is 4.74 Å². The maximum Gasteiger partial charge on any atom is 0.217 e. The van der Waals surface area contributed by atoms with Crippen LogP contribution in [0.1, 0.15) is 6.92 Å². The number of nitrogens with one attached hydrogen (secondary N) is 1. The van der Waals surface area contributed by atoms with Gasteiger partial charge in [0.15, 0.2) is 10.3 Å². The molecule has 4 unspecified atom stereocenters. The van der Waals surface area contributed by atoms with Crippen LogP contribution >= 0.6 is 0 Å². The first-order valence-electron chi connectivity index (χ1n) is 5.12. The topological polar surface area (TPSA) is 165 Å². The summed E-state index contributed by atoms with van der Waals surface area (Å²) in [6.45, 7) is 0.496. The summed E-state index contributed by atoms with van der Waals surface area (Å²) in [5, 5.41) is 9.76. The van der Waals surface area contributed by atoms with Crippen LogP contribution in [0, 0.1) is 5.92 Å². The molecule has 4 atom stereocenters. The second-order valence-corrected chi connectivity index (χ2v) is 6.29. The van der Waals surface area contributed by atoms with Gasteiger partial charge in [0.05, 0.1) is 19.3 Å². The van der Waals surface area contributed by atoms with E-state index in [0.29, 0.717) is 0 Å². The summed E-state index contributed by atoms with van der Waals surface area (Å²) in [4.78, 5) is 0. The normalized spacial score (nSPS) is 33.3. The Morgan fingerprint density at radius 2 is 1.95 bits per heavy atom. The molecule has 114 valence electrons. The molecule has 1 rings (SSSR count). The maximum atomic E-state index is 10.5. The molecule has 0 aromatic rings. The molecule has 12 heteroatoms. The fraction of sp³-hybridized carbons (Fsp3) is 1.00. The zero-order valence-corrected chi connectivity index (χ0v) is 11.4. The van der Waals surface area contributed by atoms with Crippen molar-refractivity contribution in [1.29, 1.82) is 0 Å². The van der Waals surface area contributed by atoms with Crippen molar-refractivity contribution in [2.75, 3.05) is 13.2 Å². The van der Waals surface area contributed by atoms with Crippen LogP contribution in [0.25, 0.3) is 0 Å². The standard InChI is InChI=1S/C7H15NO9S2/c1-4-5(8-18(10,11)12)2-16-6(7(4)9)3-17-19(13,14)15/h4-9H,2-3H2,1H3,(H,10,11,12)(H,13,14,15)/p-2. The minimum atomic E-state index is -4.91. The summed E-state index contributed by atoms with van der Waals surface area (Å²) in [5.41, 5.74) is 0. The number of aliphatic hydroxyl groups excluding tert-OH is 1. The smallest absolute Gasteiger partial charge is 0.217 e. The van der Waals surface area contributed by atoms with Crippen molar-refractivity contribution in [3.8, 4) is 0 Å². The summed E-state index contributed by atoms with van der Waals surface area (Å²) >= 11 is 0. The van der Waals surface area contributed by atoms with Gasteiger partial charge in [-0.15, -0.1) is 0 Å². The van der Waals surface area contributed by atoms with E-state index in [0.717, 1.165) is 0 Å². The lowest BCUT2D eigenvalue weighted by Crippen LogP contribution is -2.55. The van der Waals surface area contributed by atoms with Crippen LogP contribution in [0.15, 0.2) is 0 Å². The monoisotopic (exact) mass is 319 g/mol. The Kier molecular flexibility index (Phi) is 5.25. The second-order valence-electron chi connectivity index (χ2n) is 4.09. The fourth-order valence-electron chi connectivity index (χ4n) is 1.68. The average molecular weight is 319 g/mol. The third-order valence-electron chi connectivity index (χ3n) is 2.72. The molecule has 19 heavy (non-hydrogen) atoms. The SMILES string of the molecule is CC1C(NS(=O)(=O)[O-])COC(COS(=O)(=O)[O-])C1O. The molecule has 2 N–H and O–H groups in total. The minimum Gasteiger partial charge on any atom is -0.735 e. The summed E-state index contributed by atoms with van der Waals surface area (Å²) in [5.74, 6) is -0.722. The Balaban J connectivity index is 2.62. The summed E-state index contributed by atoms with van der Waals surface area (Å²) in [7, 11) is -9.61. The molecule has 0 amide bonds. The first-order valence-corrected chi connectivity index (χ1v) is 7.87. The fourth-order valence-corrected chi connectivity index (χ4v) is 2.63. The molecule has 1 heterocycles. The van der Waals surface area contributed by atoms with Crippen molar-refractivity contribution in [2.45, 2.75) is 25.2 Å². The van der Waals surface area contributed by atoms with Gasteiger partial charge >= 0.3 is 0 Å². The number of hydrogen-bond acceptors (Lipinski definition) is 9. The summed E-state index contributed by atoms with van der Waals surface area (Å²) in [6, 6.07) is -0.947. The molecule has 0 aromatic carbocycles. The molecule has 1 saturated heterocycles. The number of hydrogen-bond donors (Lipinski definition) is 2. The van der Waals surface area contributed by atoms with Crippen LogP contribution < -0.4 is 4.72 Å². The van der Waals surface area contributed by atoms with Gasteiger partial charge in [-0.3, -0.25) is 4.18 Å². The average Bonchev–Trinajstić information content (AvgIpc) is 2.21. The lowest BCUT2D eigenvalue weighted by atomic mass is 9.91. The Bertz CT molecular complexity index is 499. The molecule has 0 aromatic heterocycles. The molecule has 0 bridgehead atoms. The van der Waals surface area contributed by atoms with Crippen LogP contribution in [0.4, 0.5) is 0 Å². The van der Waals surface area contributed by atoms with Crippen molar-refractivity contribution in [3.05, 3.63) is 0 Å². The third kappa shape index (κ3) is 5.66. The minimum absolute atomic E-state index is 0.257. The van der Waals surface area contributed by atoms with E-state index in [-0.39, 0.29) is 6.61 Å².